The second-order valence-corrected chi connectivity index (χ2v) is 6.70. The first-order valence-corrected chi connectivity index (χ1v) is 9.90. The summed E-state index contributed by atoms with van der Waals surface area (Å²) < 4.78 is 0. The zero-order valence-electron chi connectivity index (χ0n) is 15.3. The van der Waals surface area contributed by atoms with E-state index in [1.807, 2.05) is 6.21 Å². The van der Waals surface area contributed by atoms with E-state index in [0.717, 1.165) is 19.5 Å². The van der Waals surface area contributed by atoms with Crippen LogP contribution < -0.4 is 0 Å². The van der Waals surface area contributed by atoms with Crippen LogP contribution in [0.15, 0.2) is 17.1 Å². The Kier molecular flexibility index (Phi) is 13.2. The summed E-state index contributed by atoms with van der Waals surface area (Å²) in [5.74, 6) is 0. The first kappa shape index (κ1) is 20.4. The predicted molar refractivity (Wildman–Crippen MR) is 101 cm³/mol. The molecule has 1 atom stereocenters. The Morgan fingerprint density at radius 2 is 1.65 bits per heavy atom. The van der Waals surface area contributed by atoms with Gasteiger partial charge in [0.15, 0.2) is 0 Å². The van der Waals surface area contributed by atoms with Gasteiger partial charge in [0.25, 0.3) is 0 Å². The third kappa shape index (κ3) is 10.7. The van der Waals surface area contributed by atoms with Crippen LogP contribution in [-0.4, -0.2) is 42.1 Å². The van der Waals surface area contributed by atoms with Crippen LogP contribution in [0.4, 0.5) is 0 Å². The summed E-state index contributed by atoms with van der Waals surface area (Å²) in [5.41, 5.74) is 0. The Labute approximate surface area is 143 Å². The van der Waals surface area contributed by atoms with Gasteiger partial charge in [0.2, 0.25) is 0 Å². The highest BCUT2D eigenvalue weighted by molar-refractivity contribution is 5.62. The molecule has 0 saturated heterocycles. The van der Waals surface area contributed by atoms with Crippen LogP contribution >= 0.6 is 0 Å². The lowest BCUT2D eigenvalue weighted by atomic mass is 10.1. The van der Waals surface area contributed by atoms with Crippen molar-refractivity contribution in [3.63, 3.8) is 0 Å². The van der Waals surface area contributed by atoms with Gasteiger partial charge in [0, 0.05) is 19.3 Å². The highest BCUT2D eigenvalue weighted by atomic mass is 16.3. The van der Waals surface area contributed by atoms with Crippen molar-refractivity contribution < 1.29 is 5.11 Å². The van der Waals surface area contributed by atoms with Crippen LogP contribution in [-0.2, 0) is 0 Å². The molecule has 1 rings (SSSR count). The molecule has 3 nitrogen and oxygen atoms in total. The maximum absolute atomic E-state index is 9.03. The number of nitrogens with zero attached hydrogens (tertiary/aromatic N) is 2. The van der Waals surface area contributed by atoms with Crippen molar-refractivity contribution in [1.29, 1.82) is 0 Å². The molecule has 23 heavy (non-hydrogen) atoms. The summed E-state index contributed by atoms with van der Waals surface area (Å²) in [6, 6.07) is 0. The van der Waals surface area contributed by atoms with Gasteiger partial charge in [-0.2, -0.15) is 0 Å². The molecule has 0 amide bonds. The molecule has 0 aliphatic carbocycles. The number of unbranched alkanes of at least 4 members (excludes halogenated alkanes) is 9. The van der Waals surface area contributed by atoms with E-state index in [4.69, 9.17) is 5.11 Å². The first-order valence-electron chi connectivity index (χ1n) is 9.90. The highest BCUT2D eigenvalue weighted by Crippen LogP contribution is 2.16. The minimum atomic E-state index is 0.244. The molecule has 1 N–H and O–H groups in total. The molecule has 0 fully saturated rings. The van der Waals surface area contributed by atoms with Gasteiger partial charge in [0.05, 0.1) is 6.61 Å². The van der Waals surface area contributed by atoms with Gasteiger partial charge < -0.3 is 5.11 Å². The van der Waals surface area contributed by atoms with Crippen LogP contribution in [0.25, 0.3) is 0 Å². The van der Waals surface area contributed by atoms with Crippen LogP contribution in [0, 0.1) is 0 Å². The average molecular weight is 323 g/mol. The summed E-state index contributed by atoms with van der Waals surface area (Å²) in [6.07, 6.45) is 22.9. The Morgan fingerprint density at radius 3 is 2.35 bits per heavy atom. The van der Waals surface area contributed by atoms with Crippen molar-refractivity contribution in [1.82, 2.24) is 4.90 Å². The zero-order valence-corrected chi connectivity index (χ0v) is 15.3. The van der Waals surface area contributed by atoms with Crippen molar-refractivity contribution in [3.8, 4) is 0 Å². The third-order valence-electron chi connectivity index (χ3n) is 4.61. The Morgan fingerprint density at radius 1 is 1.00 bits per heavy atom. The first-order chi connectivity index (χ1) is 11.4. The number of allylic oxidation sites excluding steroid dienone is 2. The molecule has 0 aromatic rings. The standard InChI is InChI=1S/C20H38N2O/c1-2-3-4-5-6-7-8-9-10-11-12-13-14-15-20-21-16-17-22(20)18-19-23/h4-5,16,20,23H,2-3,6-15,17-19H2,1H3/b5-4+. The van der Waals surface area contributed by atoms with E-state index >= 15 is 0 Å². The van der Waals surface area contributed by atoms with Crippen LogP contribution in [0.1, 0.15) is 84.0 Å². The fourth-order valence-corrected chi connectivity index (χ4v) is 3.17. The maximum Gasteiger partial charge on any atom is 0.102 e. The van der Waals surface area contributed by atoms with Crippen LogP contribution in [0.5, 0.6) is 0 Å². The van der Waals surface area contributed by atoms with Crippen molar-refractivity contribution >= 4 is 6.21 Å². The molecule has 1 unspecified atom stereocenters. The number of hydrogen-bond acceptors (Lipinski definition) is 3. The predicted octanol–water partition coefficient (Wildman–Crippen LogP) is 4.95. The van der Waals surface area contributed by atoms with Crippen molar-refractivity contribution in [2.45, 2.75) is 90.1 Å². The molecule has 0 saturated carbocycles. The van der Waals surface area contributed by atoms with Crippen molar-refractivity contribution in [2.24, 2.45) is 4.99 Å². The topological polar surface area (TPSA) is 35.8 Å². The minimum absolute atomic E-state index is 0.244. The number of aliphatic imine (C=N–C) groups is 1. The Bertz CT molecular complexity index is 315. The van der Waals surface area contributed by atoms with E-state index < -0.39 is 0 Å². The summed E-state index contributed by atoms with van der Waals surface area (Å²) >= 11 is 0. The molecule has 0 spiro atoms. The fraction of sp³-hybridized carbons (Fsp3) is 0.850. The molecule has 3 heteroatoms. The highest BCUT2D eigenvalue weighted by Gasteiger charge is 2.19. The summed E-state index contributed by atoms with van der Waals surface area (Å²) in [6.45, 7) is 4.15. The van der Waals surface area contributed by atoms with E-state index in [2.05, 4.69) is 29.0 Å². The molecule has 0 radical (unpaired) electrons. The molecule has 1 aliphatic rings. The average Bonchev–Trinajstić information content (AvgIpc) is 2.99. The Balaban J connectivity index is 1.82. The number of β-amino-alcohol motifs (C(OH)–C–C–N with tert-alkyl or cyclic N) is 1. The van der Waals surface area contributed by atoms with Gasteiger partial charge in [-0.1, -0.05) is 64.0 Å². The summed E-state index contributed by atoms with van der Waals surface area (Å²) in [5, 5.41) is 9.03. The molecule has 1 aliphatic heterocycles. The number of rotatable bonds is 15. The van der Waals surface area contributed by atoms with Crippen molar-refractivity contribution in [3.05, 3.63) is 12.2 Å². The largest absolute Gasteiger partial charge is 0.395 e. The van der Waals surface area contributed by atoms with Gasteiger partial charge in [-0.15, -0.1) is 0 Å². The van der Waals surface area contributed by atoms with Gasteiger partial charge in [-0.25, -0.2) is 0 Å². The van der Waals surface area contributed by atoms with E-state index in [1.165, 1.54) is 70.6 Å². The van der Waals surface area contributed by atoms with E-state index in [0.29, 0.717) is 6.17 Å². The third-order valence-corrected chi connectivity index (χ3v) is 4.61. The number of hydrogen-bond donors (Lipinski definition) is 1. The van der Waals surface area contributed by atoms with Crippen molar-refractivity contribution in [2.75, 3.05) is 19.7 Å². The quantitative estimate of drug-likeness (QED) is 0.342. The molecule has 0 aromatic carbocycles. The lowest BCUT2D eigenvalue weighted by Gasteiger charge is -2.21. The van der Waals surface area contributed by atoms with Gasteiger partial charge >= 0.3 is 0 Å². The van der Waals surface area contributed by atoms with Gasteiger partial charge in [-0.3, -0.25) is 9.89 Å². The molecule has 0 aromatic heterocycles. The molecular formula is C20H38N2O. The molecule has 134 valence electrons. The number of aliphatic hydroxyl groups excluding tert-OH is 1. The fourth-order valence-electron chi connectivity index (χ4n) is 3.17. The second-order valence-electron chi connectivity index (χ2n) is 6.70. The second kappa shape index (κ2) is 14.9. The molecule has 1 heterocycles. The Hall–Kier alpha value is -0.670. The lowest BCUT2D eigenvalue weighted by molar-refractivity contribution is 0.176. The maximum atomic E-state index is 9.03. The smallest absolute Gasteiger partial charge is 0.102 e. The normalized spacial score (nSPS) is 18.4. The van der Waals surface area contributed by atoms with Gasteiger partial charge in [-0.05, 0) is 32.1 Å². The summed E-state index contributed by atoms with van der Waals surface area (Å²) in [4.78, 5) is 6.79. The minimum Gasteiger partial charge on any atom is -0.395 e. The number of aliphatic hydroxyl groups is 1. The van der Waals surface area contributed by atoms with E-state index in [9.17, 15) is 0 Å². The van der Waals surface area contributed by atoms with Gasteiger partial charge in [0.1, 0.15) is 6.17 Å². The van der Waals surface area contributed by atoms with E-state index in [-0.39, 0.29) is 6.61 Å². The van der Waals surface area contributed by atoms with Crippen LogP contribution in [0.2, 0.25) is 0 Å². The monoisotopic (exact) mass is 322 g/mol. The molecular weight excluding hydrogens is 284 g/mol. The van der Waals surface area contributed by atoms with Crippen LogP contribution in [0.3, 0.4) is 0 Å². The SMILES string of the molecule is CCC/C=C/CCCCCCCCCCC1N=CCN1CCO. The molecule has 0 bridgehead atoms. The lowest BCUT2D eigenvalue weighted by Crippen LogP contribution is -2.32. The van der Waals surface area contributed by atoms with E-state index in [1.54, 1.807) is 0 Å². The zero-order chi connectivity index (χ0) is 16.6. The summed E-state index contributed by atoms with van der Waals surface area (Å²) in [7, 11) is 0.